The van der Waals surface area contributed by atoms with Gasteiger partial charge in [-0.15, -0.1) is 0 Å². The second kappa shape index (κ2) is 5.63. The van der Waals surface area contributed by atoms with Gasteiger partial charge in [0.2, 0.25) is 0 Å². The maximum Gasteiger partial charge on any atom is 0.183 e. The molecular formula is C15H24O2. The van der Waals surface area contributed by atoms with E-state index in [1.54, 1.807) is 6.92 Å². The lowest BCUT2D eigenvalue weighted by molar-refractivity contribution is -0.118. The van der Waals surface area contributed by atoms with Gasteiger partial charge in [-0.25, -0.2) is 0 Å². The van der Waals surface area contributed by atoms with Crippen LogP contribution in [0.4, 0.5) is 0 Å². The van der Waals surface area contributed by atoms with Crippen LogP contribution in [0.1, 0.15) is 53.4 Å². The Morgan fingerprint density at radius 2 is 2.12 bits per heavy atom. The number of aliphatic hydroxyl groups excluding tert-OH is 1. The third-order valence-corrected chi connectivity index (χ3v) is 3.88. The van der Waals surface area contributed by atoms with Gasteiger partial charge >= 0.3 is 0 Å². The number of hydrogen-bond acceptors (Lipinski definition) is 2. The molecule has 2 heteroatoms. The number of Topliss-reactive ketones (excluding diaryl/α,β-unsaturated/α-hetero) is 1. The molecule has 2 nitrogen and oxygen atoms in total. The summed E-state index contributed by atoms with van der Waals surface area (Å²) < 4.78 is 0. The first-order chi connectivity index (χ1) is 7.88. The van der Waals surface area contributed by atoms with Crippen LogP contribution >= 0.6 is 0 Å². The van der Waals surface area contributed by atoms with E-state index in [9.17, 15) is 4.79 Å². The summed E-state index contributed by atoms with van der Waals surface area (Å²) in [6, 6.07) is 0. The Hall–Kier alpha value is -0.890. The molecule has 1 rings (SSSR count). The van der Waals surface area contributed by atoms with E-state index in [0.29, 0.717) is 5.57 Å². The van der Waals surface area contributed by atoms with E-state index < -0.39 is 0 Å². The second-order valence-electron chi connectivity index (χ2n) is 5.67. The number of allylic oxidation sites excluding steroid dienone is 3. The van der Waals surface area contributed by atoms with E-state index in [0.717, 1.165) is 6.42 Å². The predicted octanol–water partition coefficient (Wildman–Crippen LogP) is 3.41. The number of hydrogen-bond donors (Lipinski definition) is 1. The van der Waals surface area contributed by atoms with Crippen LogP contribution in [0.3, 0.4) is 0 Å². The molecule has 0 aromatic rings. The van der Waals surface area contributed by atoms with Crippen LogP contribution in [-0.2, 0) is 4.79 Å². The lowest BCUT2D eigenvalue weighted by atomic mass is 9.71. The molecule has 0 amide bonds. The fourth-order valence-corrected chi connectivity index (χ4v) is 2.62. The highest BCUT2D eigenvalue weighted by molar-refractivity contribution is 5.95. The fourth-order valence-electron chi connectivity index (χ4n) is 2.62. The van der Waals surface area contributed by atoms with E-state index in [1.807, 2.05) is 6.08 Å². The number of aliphatic hydroxyl groups is 1. The summed E-state index contributed by atoms with van der Waals surface area (Å²) in [6.45, 7) is 8.16. The van der Waals surface area contributed by atoms with Gasteiger partial charge < -0.3 is 5.11 Å². The number of carbonyl (C=O) groups excluding carboxylic acids is 1. The van der Waals surface area contributed by atoms with Gasteiger partial charge in [-0.05, 0) is 50.5 Å². The zero-order valence-corrected chi connectivity index (χ0v) is 11.5. The molecule has 0 aromatic carbocycles. The Kier molecular flexibility index (Phi) is 4.70. The first-order valence-corrected chi connectivity index (χ1v) is 6.38. The molecule has 0 heterocycles. The van der Waals surface area contributed by atoms with Crippen molar-refractivity contribution in [2.75, 3.05) is 6.61 Å². The minimum atomic E-state index is -0.385. The average molecular weight is 236 g/mol. The third kappa shape index (κ3) is 3.53. The third-order valence-electron chi connectivity index (χ3n) is 3.88. The van der Waals surface area contributed by atoms with Crippen molar-refractivity contribution in [3.8, 4) is 0 Å². The molecule has 0 radical (unpaired) electrons. The van der Waals surface area contributed by atoms with Crippen molar-refractivity contribution in [2.45, 2.75) is 53.4 Å². The first kappa shape index (κ1) is 14.2. The lowest BCUT2D eigenvalue weighted by Crippen LogP contribution is -2.20. The lowest BCUT2D eigenvalue weighted by Gasteiger charge is -2.34. The Morgan fingerprint density at radius 3 is 2.65 bits per heavy atom. The van der Waals surface area contributed by atoms with Crippen LogP contribution in [0, 0.1) is 5.41 Å². The Bertz CT molecular complexity index is 359. The van der Waals surface area contributed by atoms with Crippen molar-refractivity contribution in [3.05, 3.63) is 22.8 Å². The van der Waals surface area contributed by atoms with Gasteiger partial charge in [0.15, 0.2) is 5.78 Å². The van der Waals surface area contributed by atoms with Gasteiger partial charge in [-0.3, -0.25) is 4.79 Å². The average Bonchev–Trinajstić information content (AvgIpc) is 2.26. The normalized spacial score (nSPS) is 20.6. The van der Waals surface area contributed by atoms with Gasteiger partial charge in [-0.2, -0.15) is 0 Å². The van der Waals surface area contributed by atoms with Gasteiger partial charge in [-0.1, -0.05) is 31.1 Å². The van der Waals surface area contributed by atoms with Gasteiger partial charge in [0.25, 0.3) is 0 Å². The quantitative estimate of drug-likeness (QED) is 0.600. The molecule has 96 valence electrons. The van der Waals surface area contributed by atoms with Crippen molar-refractivity contribution < 1.29 is 9.90 Å². The molecule has 0 fully saturated rings. The minimum Gasteiger partial charge on any atom is -0.388 e. The topological polar surface area (TPSA) is 37.3 Å². The van der Waals surface area contributed by atoms with Gasteiger partial charge in [0.1, 0.15) is 6.61 Å². The Balaban J connectivity index is 2.83. The molecule has 1 aliphatic rings. The molecule has 0 bridgehead atoms. The summed E-state index contributed by atoms with van der Waals surface area (Å²) in [4.78, 5) is 11.3. The standard InChI is InChI=1S/C15H24O2/c1-11-6-5-9-15(3,4)13(11)8-7-12(2)14(17)10-16/h7,16H,5-6,8-10H2,1-4H3. The van der Waals surface area contributed by atoms with E-state index in [2.05, 4.69) is 20.8 Å². The maximum atomic E-state index is 11.3. The van der Waals surface area contributed by atoms with Crippen LogP contribution in [0.15, 0.2) is 22.8 Å². The van der Waals surface area contributed by atoms with E-state index in [-0.39, 0.29) is 17.8 Å². The first-order valence-electron chi connectivity index (χ1n) is 6.38. The van der Waals surface area contributed by atoms with Crippen molar-refractivity contribution in [1.82, 2.24) is 0 Å². The summed E-state index contributed by atoms with van der Waals surface area (Å²) in [5, 5.41) is 8.79. The molecule has 0 aromatic heterocycles. The van der Waals surface area contributed by atoms with E-state index in [4.69, 9.17) is 5.11 Å². The van der Waals surface area contributed by atoms with Crippen molar-refractivity contribution in [1.29, 1.82) is 0 Å². The monoisotopic (exact) mass is 236 g/mol. The summed E-state index contributed by atoms with van der Waals surface area (Å²) in [5.74, 6) is -0.170. The van der Waals surface area contributed by atoms with Crippen LogP contribution in [-0.4, -0.2) is 17.5 Å². The summed E-state index contributed by atoms with van der Waals surface area (Å²) in [6.07, 6.45) is 6.47. The largest absolute Gasteiger partial charge is 0.388 e. The molecule has 0 spiro atoms. The molecule has 17 heavy (non-hydrogen) atoms. The highest BCUT2D eigenvalue weighted by atomic mass is 16.3. The van der Waals surface area contributed by atoms with Crippen LogP contribution in [0.5, 0.6) is 0 Å². The van der Waals surface area contributed by atoms with E-state index in [1.165, 1.54) is 30.4 Å². The molecule has 1 N–H and O–H groups in total. The molecule has 0 saturated heterocycles. The summed E-state index contributed by atoms with van der Waals surface area (Å²) >= 11 is 0. The summed E-state index contributed by atoms with van der Waals surface area (Å²) in [5.41, 5.74) is 3.87. The Morgan fingerprint density at radius 1 is 1.47 bits per heavy atom. The molecule has 0 atom stereocenters. The van der Waals surface area contributed by atoms with E-state index >= 15 is 0 Å². The van der Waals surface area contributed by atoms with Crippen LogP contribution < -0.4 is 0 Å². The summed E-state index contributed by atoms with van der Waals surface area (Å²) in [7, 11) is 0. The molecule has 0 aliphatic heterocycles. The van der Waals surface area contributed by atoms with Gasteiger partial charge in [0, 0.05) is 0 Å². The zero-order valence-electron chi connectivity index (χ0n) is 11.5. The van der Waals surface area contributed by atoms with Crippen molar-refractivity contribution in [3.63, 3.8) is 0 Å². The Labute approximate surface area is 104 Å². The van der Waals surface area contributed by atoms with Crippen LogP contribution in [0.25, 0.3) is 0 Å². The van der Waals surface area contributed by atoms with Crippen LogP contribution in [0.2, 0.25) is 0 Å². The molecule has 0 saturated carbocycles. The predicted molar refractivity (Wildman–Crippen MR) is 70.8 cm³/mol. The number of rotatable bonds is 4. The minimum absolute atomic E-state index is 0.170. The van der Waals surface area contributed by atoms with Crippen molar-refractivity contribution in [2.24, 2.45) is 5.41 Å². The maximum absolute atomic E-state index is 11.3. The molecule has 0 unspecified atom stereocenters. The zero-order chi connectivity index (χ0) is 13.1. The smallest absolute Gasteiger partial charge is 0.183 e. The highest BCUT2D eigenvalue weighted by Crippen LogP contribution is 2.41. The second-order valence-corrected chi connectivity index (χ2v) is 5.67. The SMILES string of the molecule is CC(=CCC1=C(C)CCCC1(C)C)C(=O)CO. The fraction of sp³-hybridized carbons (Fsp3) is 0.667. The van der Waals surface area contributed by atoms with Gasteiger partial charge in [0.05, 0.1) is 0 Å². The van der Waals surface area contributed by atoms with Crippen molar-refractivity contribution >= 4 is 5.78 Å². The number of ketones is 1. The highest BCUT2D eigenvalue weighted by Gasteiger charge is 2.27. The molecule has 1 aliphatic carbocycles. The number of carbonyl (C=O) groups is 1. The molecular weight excluding hydrogens is 212 g/mol.